The monoisotopic (exact) mass is 548 g/mol. The first-order chi connectivity index (χ1) is 18.3. The van der Waals surface area contributed by atoms with Crippen LogP contribution in [0.3, 0.4) is 0 Å². The number of rotatable bonds is 7. The third-order valence-corrected chi connectivity index (χ3v) is 12.9. The molecule has 0 amide bonds. The van der Waals surface area contributed by atoms with Crippen LogP contribution in [0.1, 0.15) is 106 Å². The van der Waals surface area contributed by atoms with Crippen LogP contribution in [0, 0.1) is 46.3 Å². The van der Waals surface area contributed by atoms with E-state index in [9.17, 15) is 20.4 Å². The molecule has 11 unspecified atom stereocenters. The predicted molar refractivity (Wildman–Crippen MR) is 152 cm³/mol. The van der Waals surface area contributed by atoms with Gasteiger partial charge in [-0.05, 0) is 118 Å². The molecule has 3 saturated carbocycles. The number of allylic oxidation sites excluding steroid dienone is 1. The minimum Gasteiger partial charge on any atom is -0.390 e. The maximum Gasteiger partial charge on any atom is 0.186 e. The highest BCUT2D eigenvalue weighted by molar-refractivity contribution is 5.25. The largest absolute Gasteiger partial charge is 0.390 e. The molecule has 1 heterocycles. The molecule has 0 aromatic carbocycles. The second kappa shape index (κ2) is 11.0. The van der Waals surface area contributed by atoms with Crippen molar-refractivity contribution >= 4 is 0 Å². The van der Waals surface area contributed by atoms with Crippen LogP contribution in [0.4, 0.5) is 0 Å². The molecule has 0 aromatic heterocycles. The predicted octanol–water partition coefficient (Wildman–Crippen LogP) is 5.21. The van der Waals surface area contributed by atoms with E-state index < -0.39 is 30.2 Å². The molecule has 13 atom stereocenters. The van der Waals surface area contributed by atoms with Crippen LogP contribution in [0.15, 0.2) is 11.6 Å². The minimum absolute atomic E-state index is 0.0159. The van der Waals surface area contributed by atoms with Crippen LogP contribution in [0.2, 0.25) is 0 Å². The lowest BCUT2D eigenvalue weighted by atomic mass is 9.47. The summed E-state index contributed by atoms with van der Waals surface area (Å²) in [4.78, 5) is 0. The summed E-state index contributed by atoms with van der Waals surface area (Å²) in [7, 11) is 0. The van der Waals surface area contributed by atoms with Gasteiger partial charge >= 0.3 is 0 Å². The summed E-state index contributed by atoms with van der Waals surface area (Å²) in [5.41, 5.74) is 1.58. The Morgan fingerprint density at radius 3 is 2.46 bits per heavy atom. The van der Waals surface area contributed by atoms with Gasteiger partial charge in [-0.15, -0.1) is 0 Å². The van der Waals surface area contributed by atoms with Gasteiger partial charge in [0.2, 0.25) is 0 Å². The third kappa shape index (κ3) is 5.41. The Labute approximate surface area is 236 Å². The van der Waals surface area contributed by atoms with Gasteiger partial charge in [-0.25, -0.2) is 0 Å². The molecule has 224 valence electrons. The zero-order valence-electron chi connectivity index (χ0n) is 25.3. The average Bonchev–Trinajstić information content (AvgIpc) is 3.24. The van der Waals surface area contributed by atoms with Gasteiger partial charge in [0, 0.05) is 0 Å². The molecule has 39 heavy (non-hydrogen) atoms. The smallest absolute Gasteiger partial charge is 0.186 e. The van der Waals surface area contributed by atoms with E-state index in [2.05, 4.69) is 33.8 Å². The summed E-state index contributed by atoms with van der Waals surface area (Å²) in [5.74, 6) is 4.12. The fourth-order valence-corrected chi connectivity index (χ4v) is 9.87. The van der Waals surface area contributed by atoms with E-state index in [4.69, 9.17) is 9.47 Å². The minimum atomic E-state index is -1.23. The van der Waals surface area contributed by atoms with E-state index in [1.807, 2.05) is 13.8 Å². The van der Waals surface area contributed by atoms with Crippen molar-refractivity contribution in [2.24, 2.45) is 46.3 Å². The van der Waals surface area contributed by atoms with Gasteiger partial charge in [0.25, 0.3) is 0 Å². The zero-order chi connectivity index (χ0) is 28.3. The van der Waals surface area contributed by atoms with E-state index in [0.717, 1.165) is 49.4 Å². The Bertz CT molecular complexity index is 897. The molecule has 1 saturated heterocycles. The van der Waals surface area contributed by atoms with E-state index in [0.29, 0.717) is 17.3 Å². The molecule has 4 fully saturated rings. The van der Waals surface area contributed by atoms with Crippen molar-refractivity contribution in [1.29, 1.82) is 0 Å². The molecule has 5 aliphatic rings. The summed E-state index contributed by atoms with van der Waals surface area (Å²) in [5, 5.41) is 40.6. The lowest BCUT2D eigenvalue weighted by Crippen LogP contribution is -2.55. The maximum atomic E-state index is 10.4. The molecular formula is C33H56O6. The Balaban J connectivity index is 1.23. The number of aliphatic hydroxyl groups is 4. The molecule has 0 radical (unpaired) electrons. The molecule has 4 N–H and O–H groups in total. The average molecular weight is 549 g/mol. The van der Waals surface area contributed by atoms with Crippen LogP contribution in [-0.4, -0.2) is 63.3 Å². The number of aliphatic hydroxyl groups excluding tert-OH is 3. The van der Waals surface area contributed by atoms with Crippen LogP contribution < -0.4 is 0 Å². The zero-order valence-corrected chi connectivity index (χ0v) is 25.3. The molecule has 0 spiro atoms. The molecule has 6 heteroatoms. The molecule has 4 aliphatic carbocycles. The molecule has 0 aromatic rings. The van der Waals surface area contributed by atoms with Crippen LogP contribution >= 0.6 is 0 Å². The van der Waals surface area contributed by atoms with Crippen LogP contribution in [0.5, 0.6) is 0 Å². The summed E-state index contributed by atoms with van der Waals surface area (Å²) in [6, 6.07) is 0. The van der Waals surface area contributed by atoms with Crippen molar-refractivity contribution in [2.45, 2.75) is 142 Å². The number of hydrogen-bond acceptors (Lipinski definition) is 6. The number of ether oxygens (including phenoxy) is 2. The van der Waals surface area contributed by atoms with Gasteiger partial charge in [0.15, 0.2) is 6.29 Å². The quantitative estimate of drug-likeness (QED) is 0.326. The normalized spacial score (nSPS) is 47.9. The Hall–Kier alpha value is -0.500. The first-order valence-electron chi connectivity index (χ1n) is 16.0. The van der Waals surface area contributed by atoms with Crippen LogP contribution in [-0.2, 0) is 9.47 Å². The van der Waals surface area contributed by atoms with Gasteiger partial charge in [0.1, 0.15) is 18.3 Å². The van der Waals surface area contributed by atoms with Crippen molar-refractivity contribution in [3.05, 3.63) is 11.6 Å². The van der Waals surface area contributed by atoms with E-state index >= 15 is 0 Å². The summed E-state index contributed by atoms with van der Waals surface area (Å²) in [6.07, 6.45) is 9.86. The molecule has 6 nitrogen and oxygen atoms in total. The second-order valence-electron chi connectivity index (χ2n) is 15.3. The highest BCUT2D eigenvalue weighted by Gasteiger charge is 2.59. The third-order valence-electron chi connectivity index (χ3n) is 12.9. The summed E-state index contributed by atoms with van der Waals surface area (Å²) >= 11 is 0. The SMILES string of the molecule is CC(CCC(C)C(C)(C)O)C1CCC2C3CC=C4CC(OC5OCC(O)C(O)C5O)CC[C@]4(C)C3CC[C@]12C. The lowest BCUT2D eigenvalue weighted by molar-refractivity contribution is -0.284. The van der Waals surface area contributed by atoms with Crippen molar-refractivity contribution < 1.29 is 29.9 Å². The highest BCUT2D eigenvalue weighted by Crippen LogP contribution is 2.67. The molecular weight excluding hydrogens is 492 g/mol. The topological polar surface area (TPSA) is 99.4 Å². The van der Waals surface area contributed by atoms with E-state index in [1.165, 1.54) is 44.1 Å². The van der Waals surface area contributed by atoms with Crippen molar-refractivity contribution in [2.75, 3.05) is 6.61 Å². The fourth-order valence-electron chi connectivity index (χ4n) is 9.87. The van der Waals surface area contributed by atoms with Gasteiger partial charge < -0.3 is 29.9 Å². The molecule has 1 aliphatic heterocycles. The van der Waals surface area contributed by atoms with Gasteiger partial charge in [-0.2, -0.15) is 0 Å². The standard InChI is InChI=1S/C33H56O6/c1-19(7-8-20(2)31(3,4)37)24-11-12-25-23-10-9-21-17-22(39-30-29(36)28(35)27(34)18-38-30)13-15-32(21,5)26(23)14-16-33(24,25)6/h9,19-20,22-30,34-37H,7-8,10-18H2,1-6H3/t19?,20?,22?,23?,24?,25?,26?,27?,28?,29?,30?,32-,33+/m0/s1. The molecule has 5 rings (SSSR count). The Morgan fingerprint density at radius 2 is 1.74 bits per heavy atom. The van der Waals surface area contributed by atoms with Gasteiger partial charge in [-0.1, -0.05) is 45.8 Å². The first kappa shape index (κ1) is 30.0. The first-order valence-corrected chi connectivity index (χ1v) is 16.0. The highest BCUT2D eigenvalue weighted by atomic mass is 16.7. The Kier molecular flexibility index (Phi) is 8.43. The summed E-state index contributed by atoms with van der Waals surface area (Å²) in [6.45, 7) is 13.7. The maximum absolute atomic E-state index is 10.4. The lowest BCUT2D eigenvalue weighted by Gasteiger charge is -2.58. The Morgan fingerprint density at radius 1 is 1.00 bits per heavy atom. The fraction of sp³-hybridized carbons (Fsp3) is 0.939. The second-order valence-corrected chi connectivity index (χ2v) is 15.3. The van der Waals surface area contributed by atoms with Crippen LogP contribution in [0.25, 0.3) is 0 Å². The summed E-state index contributed by atoms with van der Waals surface area (Å²) < 4.78 is 11.7. The van der Waals surface area contributed by atoms with Crippen molar-refractivity contribution in [1.82, 2.24) is 0 Å². The van der Waals surface area contributed by atoms with E-state index in [1.54, 1.807) is 0 Å². The molecule has 0 bridgehead atoms. The van der Waals surface area contributed by atoms with Gasteiger partial charge in [0.05, 0.1) is 18.3 Å². The van der Waals surface area contributed by atoms with Crippen molar-refractivity contribution in [3.63, 3.8) is 0 Å². The van der Waals surface area contributed by atoms with Gasteiger partial charge in [-0.3, -0.25) is 0 Å². The van der Waals surface area contributed by atoms with E-state index in [-0.39, 0.29) is 18.1 Å². The number of hydrogen-bond donors (Lipinski definition) is 4. The van der Waals surface area contributed by atoms with Crippen molar-refractivity contribution in [3.8, 4) is 0 Å². The number of fused-ring (bicyclic) bond motifs is 5.